The number of amides is 1. The van der Waals surface area contributed by atoms with E-state index in [1.165, 1.54) is 28.2 Å². The monoisotopic (exact) mass is 522 g/mol. The van der Waals surface area contributed by atoms with Crippen LogP contribution in [0.4, 0.5) is 10.8 Å². The molecule has 1 aromatic carbocycles. The van der Waals surface area contributed by atoms with Crippen molar-refractivity contribution in [2.45, 2.75) is 40.0 Å². The molecule has 36 heavy (non-hydrogen) atoms. The van der Waals surface area contributed by atoms with Crippen molar-refractivity contribution in [3.63, 3.8) is 0 Å². The number of ether oxygens (including phenoxy) is 2. The molecule has 188 valence electrons. The minimum atomic E-state index is -0.269. The Kier molecular flexibility index (Phi) is 6.38. The number of aromatic nitrogens is 2. The topological polar surface area (TPSA) is 99.4 Å². The van der Waals surface area contributed by atoms with Crippen LogP contribution in [0, 0.1) is 11.3 Å². The van der Waals surface area contributed by atoms with Crippen LogP contribution in [0.2, 0.25) is 0 Å². The molecule has 0 saturated carbocycles. The molecule has 1 atom stereocenters. The van der Waals surface area contributed by atoms with E-state index in [2.05, 4.69) is 37.1 Å². The zero-order chi connectivity index (χ0) is 25.6. The van der Waals surface area contributed by atoms with Crippen LogP contribution in [0.25, 0.3) is 21.5 Å². The third-order valence-corrected chi connectivity index (χ3v) is 8.79. The third kappa shape index (κ3) is 4.53. The van der Waals surface area contributed by atoms with Crippen LogP contribution in [0.5, 0.6) is 11.5 Å². The van der Waals surface area contributed by atoms with Crippen molar-refractivity contribution in [1.29, 1.82) is 0 Å². The highest BCUT2D eigenvalue weighted by Crippen LogP contribution is 2.41. The number of fused-ring (bicyclic) bond motifs is 2. The number of rotatable bonds is 5. The molecule has 0 spiro atoms. The zero-order valence-electron chi connectivity index (χ0n) is 21.1. The van der Waals surface area contributed by atoms with E-state index >= 15 is 0 Å². The number of thiazole rings is 1. The Morgan fingerprint density at radius 1 is 1.14 bits per heavy atom. The number of methoxy groups -OCH3 is 2. The number of nitrogen functional groups attached to an aromatic ring is 1. The second kappa shape index (κ2) is 9.37. The molecule has 0 fully saturated rings. The first kappa shape index (κ1) is 24.5. The van der Waals surface area contributed by atoms with Gasteiger partial charge in [0.15, 0.2) is 16.6 Å². The lowest BCUT2D eigenvalue weighted by Crippen LogP contribution is -2.27. The Morgan fingerprint density at radius 3 is 2.64 bits per heavy atom. The summed E-state index contributed by atoms with van der Waals surface area (Å²) in [4.78, 5) is 23.9. The Hall–Kier alpha value is -3.17. The summed E-state index contributed by atoms with van der Waals surface area (Å²) in [5.41, 5.74) is 11.2. The van der Waals surface area contributed by atoms with Crippen LogP contribution >= 0.6 is 22.7 Å². The molecule has 5 rings (SSSR count). The number of thiophene rings is 1. The van der Waals surface area contributed by atoms with Gasteiger partial charge in [-0.3, -0.25) is 10.1 Å². The van der Waals surface area contributed by atoms with Crippen LogP contribution in [0.3, 0.4) is 0 Å². The molecule has 4 aromatic rings. The van der Waals surface area contributed by atoms with E-state index in [4.69, 9.17) is 20.2 Å². The lowest BCUT2D eigenvalue weighted by Gasteiger charge is -2.34. The van der Waals surface area contributed by atoms with E-state index in [0.29, 0.717) is 33.1 Å². The average Bonchev–Trinajstić information content (AvgIpc) is 3.45. The molecule has 9 heteroatoms. The van der Waals surface area contributed by atoms with Crippen molar-refractivity contribution < 1.29 is 14.3 Å². The van der Waals surface area contributed by atoms with Gasteiger partial charge in [-0.2, -0.15) is 0 Å². The van der Waals surface area contributed by atoms with Crippen molar-refractivity contribution in [1.82, 2.24) is 9.97 Å². The van der Waals surface area contributed by atoms with Gasteiger partial charge in [0, 0.05) is 22.0 Å². The second-order valence-electron chi connectivity index (χ2n) is 10.2. The summed E-state index contributed by atoms with van der Waals surface area (Å²) in [5, 5.41) is 6.17. The average molecular weight is 523 g/mol. The summed E-state index contributed by atoms with van der Waals surface area (Å²) in [6.45, 7) is 6.89. The second-order valence-corrected chi connectivity index (χ2v) is 12.0. The number of carbonyl (C=O) groups is 1. The fourth-order valence-electron chi connectivity index (χ4n) is 4.71. The lowest BCUT2D eigenvalue weighted by atomic mass is 9.71. The van der Waals surface area contributed by atoms with E-state index in [9.17, 15) is 4.79 Å². The van der Waals surface area contributed by atoms with Crippen molar-refractivity contribution in [2.24, 2.45) is 11.3 Å². The summed E-state index contributed by atoms with van der Waals surface area (Å²) in [6, 6.07) is 7.75. The standard InChI is InChI=1S/C27H30N4O3S2/c1-27(2,3)16-7-8-18-15(10-16)11-17-22(28)23(36-25(17)29-18)24(32)31-26-30-19(13-35-26)14-6-9-20(33-4)21(12-14)34-5/h6,9,11-13,16H,7-8,10,28H2,1-5H3,(H,30,31,32). The molecule has 0 aliphatic heterocycles. The van der Waals surface area contributed by atoms with E-state index in [0.717, 1.165) is 46.4 Å². The lowest BCUT2D eigenvalue weighted by molar-refractivity contribution is 0.103. The van der Waals surface area contributed by atoms with Gasteiger partial charge in [0.25, 0.3) is 5.91 Å². The highest BCUT2D eigenvalue weighted by molar-refractivity contribution is 7.21. The number of benzene rings is 1. The molecule has 1 aliphatic carbocycles. The first-order valence-electron chi connectivity index (χ1n) is 11.9. The first-order chi connectivity index (χ1) is 17.2. The van der Waals surface area contributed by atoms with Gasteiger partial charge in [-0.05, 0) is 60.4 Å². The molecule has 0 bridgehead atoms. The number of aryl methyl sites for hydroxylation is 1. The number of nitrogens with two attached hydrogens (primary N) is 1. The zero-order valence-corrected chi connectivity index (χ0v) is 22.7. The molecule has 3 N–H and O–H groups in total. The Morgan fingerprint density at radius 2 is 1.92 bits per heavy atom. The van der Waals surface area contributed by atoms with E-state index in [1.54, 1.807) is 14.2 Å². The normalized spacial score (nSPS) is 15.5. The number of nitrogens with zero attached hydrogens (tertiary/aromatic N) is 2. The third-order valence-electron chi connectivity index (χ3n) is 6.92. The number of carbonyl (C=O) groups excluding carboxylic acids is 1. The van der Waals surface area contributed by atoms with Crippen molar-refractivity contribution in [3.05, 3.63) is 45.8 Å². The van der Waals surface area contributed by atoms with Crippen molar-refractivity contribution >= 4 is 49.6 Å². The van der Waals surface area contributed by atoms with Crippen LogP contribution in [-0.2, 0) is 12.8 Å². The van der Waals surface area contributed by atoms with Crippen molar-refractivity contribution in [2.75, 3.05) is 25.3 Å². The minimum Gasteiger partial charge on any atom is -0.493 e. The first-order valence-corrected chi connectivity index (χ1v) is 13.6. The van der Waals surface area contributed by atoms with Crippen LogP contribution in [0.15, 0.2) is 29.6 Å². The molecule has 0 radical (unpaired) electrons. The number of hydrogen-bond donors (Lipinski definition) is 2. The number of anilines is 2. The van der Waals surface area contributed by atoms with Gasteiger partial charge in [-0.1, -0.05) is 20.8 Å². The van der Waals surface area contributed by atoms with Crippen LogP contribution in [-0.4, -0.2) is 30.1 Å². The summed E-state index contributed by atoms with van der Waals surface area (Å²) in [6.07, 6.45) is 3.09. The highest BCUT2D eigenvalue weighted by Gasteiger charge is 2.30. The fraction of sp³-hybridized carbons (Fsp3) is 0.370. The number of pyridine rings is 1. The van der Waals surface area contributed by atoms with Gasteiger partial charge in [0.2, 0.25) is 0 Å². The number of nitrogens with one attached hydrogen (secondary N) is 1. The predicted molar refractivity (Wildman–Crippen MR) is 148 cm³/mol. The van der Waals surface area contributed by atoms with E-state index < -0.39 is 0 Å². The van der Waals surface area contributed by atoms with Gasteiger partial charge < -0.3 is 15.2 Å². The maximum atomic E-state index is 13.2. The predicted octanol–water partition coefficient (Wildman–Crippen LogP) is 6.42. The van der Waals surface area contributed by atoms with Crippen LogP contribution < -0.4 is 20.5 Å². The summed E-state index contributed by atoms with van der Waals surface area (Å²) in [5.74, 6) is 1.61. The van der Waals surface area contributed by atoms with Gasteiger partial charge in [0.1, 0.15) is 9.71 Å². The Bertz CT molecular complexity index is 1450. The molecule has 7 nitrogen and oxygen atoms in total. The molecule has 0 saturated heterocycles. The van der Waals surface area contributed by atoms with E-state index in [-0.39, 0.29) is 11.3 Å². The minimum absolute atomic E-state index is 0.251. The van der Waals surface area contributed by atoms with Gasteiger partial charge >= 0.3 is 0 Å². The van der Waals surface area contributed by atoms with Crippen LogP contribution in [0.1, 0.15) is 48.1 Å². The largest absolute Gasteiger partial charge is 0.493 e. The molecular formula is C27H30N4O3S2. The summed E-state index contributed by atoms with van der Waals surface area (Å²) in [7, 11) is 3.19. The van der Waals surface area contributed by atoms with Crippen molar-refractivity contribution in [3.8, 4) is 22.8 Å². The van der Waals surface area contributed by atoms with Gasteiger partial charge in [-0.15, -0.1) is 22.7 Å². The fourth-order valence-corrected chi connectivity index (χ4v) is 6.42. The SMILES string of the molecule is COc1ccc(-c2csc(NC(=O)c3sc4nc5c(cc4c3N)CC(C(C)(C)C)CC5)n2)cc1OC. The summed E-state index contributed by atoms with van der Waals surface area (Å²) < 4.78 is 10.7. The smallest absolute Gasteiger partial charge is 0.269 e. The molecule has 1 aliphatic rings. The van der Waals surface area contributed by atoms with Gasteiger partial charge in [0.05, 0.1) is 25.6 Å². The Balaban J connectivity index is 1.38. The maximum absolute atomic E-state index is 13.2. The quantitative estimate of drug-likeness (QED) is 0.314. The van der Waals surface area contributed by atoms with E-state index in [1.807, 2.05) is 23.6 Å². The molecule has 1 amide bonds. The number of hydrogen-bond acceptors (Lipinski definition) is 8. The molecule has 1 unspecified atom stereocenters. The molecular weight excluding hydrogens is 492 g/mol. The summed E-state index contributed by atoms with van der Waals surface area (Å²) >= 11 is 2.70. The molecule has 3 heterocycles. The van der Waals surface area contributed by atoms with Gasteiger partial charge in [-0.25, -0.2) is 9.97 Å². The molecule has 3 aromatic heterocycles. The highest BCUT2D eigenvalue weighted by atomic mass is 32.1. The Labute approximate surface area is 218 Å². The maximum Gasteiger partial charge on any atom is 0.269 e.